The van der Waals surface area contributed by atoms with Crippen LogP contribution >= 0.6 is 0 Å². The maximum Gasteiger partial charge on any atom is 0.251 e. The van der Waals surface area contributed by atoms with Crippen LogP contribution in [0.5, 0.6) is 0 Å². The molecule has 2 aromatic carbocycles. The van der Waals surface area contributed by atoms with Crippen LogP contribution < -0.4 is 10.6 Å². The lowest BCUT2D eigenvalue weighted by atomic mass is 10.0. The standard InChI is InChI=1S/C24H31N3O3/c1-15(2)22(26-23(29)19-11-7-9-16(3)13-19)24(30)27(6)14-21(28)25-20-12-8-10-17(4)18(20)5/h7-13,15,22H,14H2,1-6H3,(H,25,28)(H,26,29). The van der Waals surface area contributed by atoms with Crippen molar-refractivity contribution < 1.29 is 14.4 Å². The van der Waals surface area contributed by atoms with E-state index in [0.29, 0.717) is 5.56 Å². The number of likely N-dealkylation sites (N-methyl/N-ethyl adjacent to an activating group) is 1. The molecular formula is C24H31N3O3. The van der Waals surface area contributed by atoms with Gasteiger partial charge in [0.05, 0.1) is 6.54 Å². The van der Waals surface area contributed by atoms with Crippen molar-refractivity contribution in [2.45, 2.75) is 40.7 Å². The molecule has 1 atom stereocenters. The minimum Gasteiger partial charge on any atom is -0.340 e. The molecule has 0 saturated heterocycles. The molecule has 2 aromatic rings. The van der Waals surface area contributed by atoms with Crippen LogP contribution in [0.2, 0.25) is 0 Å². The lowest BCUT2D eigenvalue weighted by Crippen LogP contribution is -2.51. The Morgan fingerprint density at radius 3 is 2.30 bits per heavy atom. The topological polar surface area (TPSA) is 78.5 Å². The minimum absolute atomic E-state index is 0.101. The maximum atomic E-state index is 13.0. The number of carbonyl (C=O) groups is 3. The second-order valence-corrected chi connectivity index (χ2v) is 8.05. The van der Waals surface area contributed by atoms with Gasteiger partial charge in [0.2, 0.25) is 11.8 Å². The molecule has 0 heterocycles. The normalized spacial score (nSPS) is 11.7. The summed E-state index contributed by atoms with van der Waals surface area (Å²) in [6.45, 7) is 9.45. The van der Waals surface area contributed by atoms with Gasteiger partial charge in [0, 0.05) is 18.3 Å². The third-order valence-electron chi connectivity index (χ3n) is 5.14. The first kappa shape index (κ1) is 23.1. The van der Waals surface area contributed by atoms with Gasteiger partial charge in [-0.3, -0.25) is 14.4 Å². The van der Waals surface area contributed by atoms with E-state index in [1.54, 1.807) is 25.2 Å². The summed E-state index contributed by atoms with van der Waals surface area (Å²) >= 11 is 0. The number of anilines is 1. The highest BCUT2D eigenvalue weighted by molar-refractivity contribution is 5.99. The molecule has 30 heavy (non-hydrogen) atoms. The van der Waals surface area contributed by atoms with Gasteiger partial charge in [0.25, 0.3) is 5.91 Å². The van der Waals surface area contributed by atoms with Gasteiger partial charge in [0.15, 0.2) is 0 Å². The van der Waals surface area contributed by atoms with Crippen LogP contribution in [0.15, 0.2) is 42.5 Å². The number of benzene rings is 2. The molecule has 0 fully saturated rings. The van der Waals surface area contributed by atoms with E-state index in [2.05, 4.69) is 10.6 Å². The van der Waals surface area contributed by atoms with Crippen LogP contribution in [0.1, 0.15) is 40.9 Å². The summed E-state index contributed by atoms with van der Waals surface area (Å²) in [7, 11) is 1.57. The van der Waals surface area contributed by atoms with E-state index in [9.17, 15) is 14.4 Å². The first-order chi connectivity index (χ1) is 14.1. The van der Waals surface area contributed by atoms with E-state index >= 15 is 0 Å². The van der Waals surface area contributed by atoms with Gasteiger partial charge >= 0.3 is 0 Å². The summed E-state index contributed by atoms with van der Waals surface area (Å²) in [5.41, 5.74) is 4.27. The molecule has 3 amide bonds. The SMILES string of the molecule is Cc1cccc(C(=O)NC(C(=O)N(C)CC(=O)Nc2cccc(C)c2C)C(C)C)c1. The summed E-state index contributed by atoms with van der Waals surface area (Å²) in [5, 5.41) is 5.68. The summed E-state index contributed by atoms with van der Waals surface area (Å²) in [6, 6.07) is 12.2. The smallest absolute Gasteiger partial charge is 0.251 e. The van der Waals surface area contributed by atoms with Gasteiger partial charge in [0.1, 0.15) is 6.04 Å². The van der Waals surface area contributed by atoms with Crippen LogP contribution in [0, 0.1) is 26.7 Å². The number of nitrogens with zero attached hydrogens (tertiary/aromatic N) is 1. The zero-order chi connectivity index (χ0) is 22.4. The van der Waals surface area contributed by atoms with Gasteiger partial charge < -0.3 is 15.5 Å². The van der Waals surface area contributed by atoms with E-state index in [-0.39, 0.29) is 30.2 Å². The highest BCUT2D eigenvalue weighted by Crippen LogP contribution is 2.18. The fraction of sp³-hybridized carbons (Fsp3) is 0.375. The minimum atomic E-state index is -0.725. The highest BCUT2D eigenvalue weighted by atomic mass is 16.2. The lowest BCUT2D eigenvalue weighted by molar-refractivity contribution is -0.135. The predicted molar refractivity (Wildman–Crippen MR) is 119 cm³/mol. The van der Waals surface area contributed by atoms with Crippen molar-refractivity contribution >= 4 is 23.4 Å². The summed E-state index contributed by atoms with van der Waals surface area (Å²) < 4.78 is 0. The fourth-order valence-corrected chi connectivity index (χ4v) is 3.13. The molecule has 0 aliphatic carbocycles. The zero-order valence-corrected chi connectivity index (χ0v) is 18.6. The van der Waals surface area contributed by atoms with Crippen molar-refractivity contribution in [3.63, 3.8) is 0 Å². The Labute approximate surface area is 178 Å². The molecule has 6 heteroatoms. The molecule has 0 aromatic heterocycles. The number of hydrogen-bond donors (Lipinski definition) is 2. The monoisotopic (exact) mass is 409 g/mol. The molecule has 0 aliphatic rings. The van der Waals surface area contributed by atoms with Crippen molar-refractivity contribution in [1.82, 2.24) is 10.2 Å². The van der Waals surface area contributed by atoms with Gasteiger partial charge in [-0.25, -0.2) is 0 Å². The maximum absolute atomic E-state index is 13.0. The Bertz CT molecular complexity index is 937. The molecule has 6 nitrogen and oxygen atoms in total. The Morgan fingerprint density at radius 1 is 1.00 bits per heavy atom. The van der Waals surface area contributed by atoms with E-state index in [1.807, 2.05) is 58.9 Å². The van der Waals surface area contributed by atoms with Gasteiger partial charge in [-0.1, -0.05) is 43.7 Å². The Morgan fingerprint density at radius 2 is 1.67 bits per heavy atom. The molecule has 0 radical (unpaired) electrons. The Kier molecular flexibility index (Phi) is 7.75. The van der Waals surface area contributed by atoms with Crippen LogP contribution in [-0.4, -0.2) is 42.3 Å². The van der Waals surface area contributed by atoms with Crippen molar-refractivity contribution in [3.05, 3.63) is 64.7 Å². The summed E-state index contributed by atoms with van der Waals surface area (Å²) in [4.78, 5) is 39.4. The van der Waals surface area contributed by atoms with Gasteiger partial charge in [-0.15, -0.1) is 0 Å². The van der Waals surface area contributed by atoms with Gasteiger partial charge in [-0.2, -0.15) is 0 Å². The number of amides is 3. The largest absolute Gasteiger partial charge is 0.340 e. The van der Waals surface area contributed by atoms with Crippen molar-refractivity contribution in [3.8, 4) is 0 Å². The van der Waals surface area contributed by atoms with Crippen molar-refractivity contribution in [1.29, 1.82) is 0 Å². The molecular weight excluding hydrogens is 378 g/mol. The van der Waals surface area contributed by atoms with E-state index in [1.165, 1.54) is 4.90 Å². The lowest BCUT2D eigenvalue weighted by Gasteiger charge is -2.27. The molecule has 2 N–H and O–H groups in total. The van der Waals surface area contributed by atoms with Crippen LogP contribution in [-0.2, 0) is 9.59 Å². The van der Waals surface area contributed by atoms with E-state index < -0.39 is 6.04 Å². The molecule has 160 valence electrons. The summed E-state index contributed by atoms with van der Waals surface area (Å²) in [6.07, 6.45) is 0. The predicted octanol–water partition coefficient (Wildman–Crippen LogP) is 3.46. The second-order valence-electron chi connectivity index (χ2n) is 8.05. The number of aryl methyl sites for hydroxylation is 2. The van der Waals surface area contributed by atoms with Crippen LogP contribution in [0.25, 0.3) is 0 Å². The zero-order valence-electron chi connectivity index (χ0n) is 18.6. The third kappa shape index (κ3) is 5.92. The second kappa shape index (κ2) is 10.1. The van der Waals surface area contributed by atoms with Crippen molar-refractivity contribution in [2.75, 3.05) is 18.9 Å². The third-order valence-corrected chi connectivity index (χ3v) is 5.14. The molecule has 2 rings (SSSR count). The quantitative estimate of drug-likeness (QED) is 0.735. The average molecular weight is 410 g/mol. The number of carbonyl (C=O) groups excluding carboxylic acids is 3. The van der Waals surface area contributed by atoms with Crippen LogP contribution in [0.3, 0.4) is 0 Å². The van der Waals surface area contributed by atoms with Crippen LogP contribution in [0.4, 0.5) is 5.69 Å². The Hall–Kier alpha value is -3.15. The molecule has 0 spiro atoms. The molecule has 1 unspecified atom stereocenters. The number of nitrogens with one attached hydrogen (secondary N) is 2. The highest BCUT2D eigenvalue weighted by Gasteiger charge is 2.28. The summed E-state index contributed by atoms with van der Waals surface area (Å²) in [5.74, 6) is -1.02. The molecule has 0 bridgehead atoms. The molecule has 0 aliphatic heterocycles. The first-order valence-corrected chi connectivity index (χ1v) is 10.1. The van der Waals surface area contributed by atoms with Crippen molar-refractivity contribution in [2.24, 2.45) is 5.92 Å². The van der Waals surface area contributed by atoms with E-state index in [0.717, 1.165) is 22.4 Å². The average Bonchev–Trinajstić information content (AvgIpc) is 2.68. The van der Waals surface area contributed by atoms with Gasteiger partial charge in [-0.05, 0) is 56.0 Å². The first-order valence-electron chi connectivity index (χ1n) is 10.1. The van der Waals surface area contributed by atoms with E-state index in [4.69, 9.17) is 0 Å². The fourth-order valence-electron chi connectivity index (χ4n) is 3.13. The number of hydrogen-bond acceptors (Lipinski definition) is 3. The number of rotatable bonds is 7. The molecule has 0 saturated carbocycles. The Balaban J connectivity index is 2.04.